The zero-order valence-corrected chi connectivity index (χ0v) is 7.59. The van der Waals surface area contributed by atoms with Gasteiger partial charge in [0.05, 0.1) is 5.41 Å². The van der Waals surface area contributed by atoms with Crippen molar-refractivity contribution in [1.29, 1.82) is 0 Å². The van der Waals surface area contributed by atoms with Crippen LogP contribution in [0.3, 0.4) is 0 Å². The van der Waals surface area contributed by atoms with Gasteiger partial charge in [-0.25, -0.2) is 0 Å². The molecule has 70 valence electrons. The largest absolute Gasteiger partial charge is 0.370 e. The van der Waals surface area contributed by atoms with Crippen molar-refractivity contribution in [2.45, 2.75) is 33.1 Å². The van der Waals surface area contributed by atoms with E-state index in [4.69, 9.17) is 11.5 Å². The molecule has 0 saturated carbocycles. The zero-order chi connectivity index (χ0) is 9.78. The number of rotatable bonds is 5. The molecule has 0 aliphatic rings. The van der Waals surface area contributed by atoms with Crippen molar-refractivity contribution in [2.75, 3.05) is 0 Å². The van der Waals surface area contributed by atoms with E-state index in [0.717, 1.165) is 0 Å². The molecule has 0 aliphatic carbocycles. The molecule has 0 radical (unpaired) electrons. The fourth-order valence-electron chi connectivity index (χ4n) is 1.27. The first kappa shape index (κ1) is 10.9. The van der Waals surface area contributed by atoms with E-state index in [-0.39, 0.29) is 6.42 Å². The van der Waals surface area contributed by atoms with Crippen molar-refractivity contribution in [3.8, 4) is 0 Å². The van der Waals surface area contributed by atoms with E-state index in [0.29, 0.717) is 12.8 Å². The van der Waals surface area contributed by atoms with Crippen LogP contribution in [0.5, 0.6) is 0 Å². The molecule has 0 aromatic rings. The lowest BCUT2D eigenvalue weighted by Gasteiger charge is -2.25. The van der Waals surface area contributed by atoms with Crippen LogP contribution >= 0.6 is 0 Å². The van der Waals surface area contributed by atoms with Crippen molar-refractivity contribution < 1.29 is 9.59 Å². The molecule has 0 aliphatic heterocycles. The molecule has 0 unspecified atom stereocenters. The third-order valence-electron chi connectivity index (χ3n) is 2.39. The van der Waals surface area contributed by atoms with E-state index in [1.54, 1.807) is 0 Å². The molecular formula is C8H16N2O2. The van der Waals surface area contributed by atoms with Crippen LogP contribution in [0.1, 0.15) is 33.1 Å². The Bertz CT molecular complexity index is 185. The Morgan fingerprint density at radius 1 is 1.17 bits per heavy atom. The summed E-state index contributed by atoms with van der Waals surface area (Å²) in [6.07, 6.45) is 1.17. The molecule has 0 heterocycles. The number of amides is 2. The van der Waals surface area contributed by atoms with Crippen LogP contribution < -0.4 is 11.5 Å². The lowest BCUT2D eigenvalue weighted by molar-refractivity contribution is -0.133. The molecule has 0 rings (SSSR count). The van der Waals surface area contributed by atoms with E-state index in [9.17, 15) is 9.59 Å². The zero-order valence-electron chi connectivity index (χ0n) is 7.59. The highest BCUT2D eigenvalue weighted by atomic mass is 16.2. The first-order valence-corrected chi connectivity index (χ1v) is 4.06. The van der Waals surface area contributed by atoms with Gasteiger partial charge in [0.15, 0.2) is 0 Å². The average Bonchev–Trinajstić information content (AvgIpc) is 1.99. The molecule has 0 fully saturated rings. The first-order chi connectivity index (χ1) is 5.48. The quantitative estimate of drug-likeness (QED) is 0.618. The second kappa shape index (κ2) is 4.09. The van der Waals surface area contributed by atoms with Gasteiger partial charge in [-0.15, -0.1) is 0 Å². The molecule has 4 heteroatoms. The summed E-state index contributed by atoms with van der Waals surface area (Å²) >= 11 is 0. The van der Waals surface area contributed by atoms with Crippen molar-refractivity contribution >= 4 is 11.8 Å². The number of hydrogen-bond acceptors (Lipinski definition) is 2. The van der Waals surface area contributed by atoms with Crippen LogP contribution in [-0.4, -0.2) is 11.8 Å². The summed E-state index contributed by atoms with van der Waals surface area (Å²) in [6.45, 7) is 3.66. The Morgan fingerprint density at radius 2 is 1.58 bits per heavy atom. The Hall–Kier alpha value is -1.06. The molecule has 0 aromatic carbocycles. The summed E-state index contributed by atoms with van der Waals surface area (Å²) in [5, 5.41) is 0. The van der Waals surface area contributed by atoms with Crippen molar-refractivity contribution in [1.82, 2.24) is 0 Å². The van der Waals surface area contributed by atoms with Crippen LogP contribution in [0.4, 0.5) is 0 Å². The molecule has 4 N–H and O–H groups in total. The predicted molar refractivity (Wildman–Crippen MR) is 46.0 cm³/mol. The average molecular weight is 172 g/mol. The summed E-state index contributed by atoms with van der Waals surface area (Å²) in [5.41, 5.74) is 9.48. The van der Waals surface area contributed by atoms with Gasteiger partial charge in [-0.3, -0.25) is 9.59 Å². The molecule has 0 bridgehead atoms. The van der Waals surface area contributed by atoms with E-state index >= 15 is 0 Å². The molecule has 2 amide bonds. The van der Waals surface area contributed by atoms with E-state index in [2.05, 4.69) is 0 Å². The van der Waals surface area contributed by atoms with Gasteiger partial charge < -0.3 is 11.5 Å². The van der Waals surface area contributed by atoms with Gasteiger partial charge in [0.25, 0.3) is 0 Å². The molecule has 4 nitrogen and oxygen atoms in total. The minimum absolute atomic E-state index is 0.0509. The normalized spacial score (nSPS) is 11.2. The van der Waals surface area contributed by atoms with Crippen molar-refractivity contribution in [3.05, 3.63) is 0 Å². The lowest BCUT2D eigenvalue weighted by Crippen LogP contribution is -2.39. The molecule has 0 aromatic heterocycles. The van der Waals surface area contributed by atoms with Gasteiger partial charge >= 0.3 is 0 Å². The van der Waals surface area contributed by atoms with Crippen LogP contribution in [0, 0.1) is 5.41 Å². The Labute approximate surface area is 72.3 Å². The highest BCUT2D eigenvalue weighted by Crippen LogP contribution is 2.29. The maximum absolute atomic E-state index is 11.0. The Morgan fingerprint density at radius 3 is 1.67 bits per heavy atom. The summed E-state index contributed by atoms with van der Waals surface area (Å²) in [7, 11) is 0. The van der Waals surface area contributed by atoms with Crippen LogP contribution in [0.15, 0.2) is 0 Å². The van der Waals surface area contributed by atoms with Crippen LogP contribution in [0.2, 0.25) is 0 Å². The smallest absolute Gasteiger partial charge is 0.224 e. The number of hydrogen-bond donors (Lipinski definition) is 2. The third kappa shape index (κ3) is 2.22. The minimum atomic E-state index is -0.730. The predicted octanol–water partition coefficient (Wildman–Crippen LogP) is 0.153. The Kier molecular flexibility index (Phi) is 3.73. The lowest BCUT2D eigenvalue weighted by atomic mass is 9.78. The van der Waals surface area contributed by atoms with Gasteiger partial charge in [0, 0.05) is 6.42 Å². The maximum atomic E-state index is 11.0. The number of carbonyl (C=O) groups is 2. The van der Waals surface area contributed by atoms with Gasteiger partial charge in [-0.1, -0.05) is 13.8 Å². The van der Waals surface area contributed by atoms with Crippen LogP contribution in [0.25, 0.3) is 0 Å². The highest BCUT2D eigenvalue weighted by Gasteiger charge is 2.34. The summed E-state index contributed by atoms with van der Waals surface area (Å²) in [4.78, 5) is 21.7. The number of primary amides is 2. The third-order valence-corrected chi connectivity index (χ3v) is 2.39. The second-order valence-electron chi connectivity index (χ2n) is 2.99. The van der Waals surface area contributed by atoms with E-state index in [1.165, 1.54) is 0 Å². The topological polar surface area (TPSA) is 86.2 Å². The van der Waals surface area contributed by atoms with Gasteiger partial charge in [0.1, 0.15) is 0 Å². The SMILES string of the molecule is CCC(CC)(CC(N)=O)C(N)=O. The number of nitrogens with two attached hydrogens (primary N) is 2. The van der Waals surface area contributed by atoms with E-state index < -0.39 is 17.2 Å². The summed E-state index contributed by atoms with van der Waals surface area (Å²) in [6, 6.07) is 0. The first-order valence-electron chi connectivity index (χ1n) is 4.06. The van der Waals surface area contributed by atoms with Crippen LogP contribution in [-0.2, 0) is 9.59 Å². The second-order valence-corrected chi connectivity index (χ2v) is 2.99. The molecular weight excluding hydrogens is 156 g/mol. The molecule has 0 spiro atoms. The standard InChI is InChI=1S/C8H16N2O2/c1-3-8(4-2,7(10)12)5-6(9)11/h3-5H2,1-2H3,(H2,9,11)(H2,10,12). The van der Waals surface area contributed by atoms with E-state index in [1.807, 2.05) is 13.8 Å². The highest BCUT2D eigenvalue weighted by molar-refractivity contribution is 5.87. The fourth-order valence-corrected chi connectivity index (χ4v) is 1.27. The summed E-state index contributed by atoms with van der Waals surface area (Å²) < 4.78 is 0. The maximum Gasteiger partial charge on any atom is 0.224 e. The van der Waals surface area contributed by atoms with Gasteiger partial charge in [-0.05, 0) is 12.8 Å². The van der Waals surface area contributed by atoms with Crippen molar-refractivity contribution in [3.63, 3.8) is 0 Å². The van der Waals surface area contributed by atoms with Crippen molar-refractivity contribution in [2.24, 2.45) is 16.9 Å². The molecule has 0 atom stereocenters. The number of carbonyl (C=O) groups excluding carboxylic acids is 2. The minimum Gasteiger partial charge on any atom is -0.370 e. The van der Waals surface area contributed by atoms with Gasteiger partial charge in [-0.2, -0.15) is 0 Å². The fraction of sp³-hybridized carbons (Fsp3) is 0.750. The summed E-state index contributed by atoms with van der Waals surface area (Å²) in [5.74, 6) is -0.913. The molecule has 0 saturated heterocycles. The van der Waals surface area contributed by atoms with Gasteiger partial charge in [0.2, 0.25) is 11.8 Å². The Balaban J connectivity index is 4.58. The monoisotopic (exact) mass is 172 g/mol. The molecule has 12 heavy (non-hydrogen) atoms.